The number of anilines is 4. The van der Waals surface area contributed by atoms with Gasteiger partial charge in [-0.3, -0.25) is 4.79 Å². The molecule has 0 aliphatic rings. The zero-order valence-electron chi connectivity index (χ0n) is 13.6. The molecule has 122 valence electrons. The van der Waals surface area contributed by atoms with Gasteiger partial charge in [0.1, 0.15) is 0 Å². The average molecular weight is 314 g/mol. The lowest BCUT2D eigenvalue weighted by atomic mass is 10.1. The molecule has 1 aromatic carbocycles. The standard InChI is InChI=1S/C16H22N6O/c1-11(2)7-8-17-16-21-15(10-18-22-16)20-14-6-4-5-13(9-14)19-12(3)23/h4-6,9-11H,7-8H2,1-3H3,(H,19,23)(H2,17,20,21,22). The second-order valence-corrected chi connectivity index (χ2v) is 5.66. The summed E-state index contributed by atoms with van der Waals surface area (Å²) in [5.41, 5.74) is 1.53. The van der Waals surface area contributed by atoms with Crippen LogP contribution in [0.3, 0.4) is 0 Å². The maximum absolute atomic E-state index is 11.1. The van der Waals surface area contributed by atoms with E-state index in [0.29, 0.717) is 17.7 Å². The van der Waals surface area contributed by atoms with Gasteiger partial charge in [0.05, 0.1) is 6.20 Å². The monoisotopic (exact) mass is 314 g/mol. The number of hydrogen-bond acceptors (Lipinski definition) is 6. The summed E-state index contributed by atoms with van der Waals surface area (Å²) in [4.78, 5) is 15.5. The lowest BCUT2D eigenvalue weighted by Crippen LogP contribution is -2.09. The van der Waals surface area contributed by atoms with Gasteiger partial charge in [-0.05, 0) is 30.5 Å². The van der Waals surface area contributed by atoms with Gasteiger partial charge in [-0.15, -0.1) is 5.10 Å². The van der Waals surface area contributed by atoms with Gasteiger partial charge < -0.3 is 16.0 Å². The second kappa shape index (κ2) is 8.07. The Morgan fingerprint density at radius 3 is 2.78 bits per heavy atom. The van der Waals surface area contributed by atoms with Crippen LogP contribution in [0.1, 0.15) is 27.2 Å². The summed E-state index contributed by atoms with van der Waals surface area (Å²) in [6.07, 6.45) is 2.60. The molecule has 1 aromatic heterocycles. The predicted molar refractivity (Wildman–Crippen MR) is 91.8 cm³/mol. The van der Waals surface area contributed by atoms with Crippen molar-refractivity contribution in [2.75, 3.05) is 22.5 Å². The van der Waals surface area contributed by atoms with Crippen molar-refractivity contribution in [3.8, 4) is 0 Å². The fourth-order valence-corrected chi connectivity index (χ4v) is 1.94. The molecule has 0 aliphatic heterocycles. The van der Waals surface area contributed by atoms with Gasteiger partial charge in [0.2, 0.25) is 11.9 Å². The van der Waals surface area contributed by atoms with Gasteiger partial charge in [0.25, 0.3) is 0 Å². The number of benzene rings is 1. The number of nitrogens with one attached hydrogen (secondary N) is 3. The molecule has 0 fully saturated rings. The van der Waals surface area contributed by atoms with E-state index < -0.39 is 0 Å². The predicted octanol–water partition coefficient (Wildman–Crippen LogP) is 3.03. The average Bonchev–Trinajstić information content (AvgIpc) is 2.47. The van der Waals surface area contributed by atoms with Gasteiger partial charge in [-0.2, -0.15) is 10.1 Å². The fraction of sp³-hybridized carbons (Fsp3) is 0.375. The Morgan fingerprint density at radius 2 is 2.04 bits per heavy atom. The van der Waals surface area contributed by atoms with Crippen molar-refractivity contribution in [3.63, 3.8) is 0 Å². The molecule has 0 radical (unpaired) electrons. The highest BCUT2D eigenvalue weighted by Crippen LogP contribution is 2.19. The van der Waals surface area contributed by atoms with Crippen LogP contribution in [0.2, 0.25) is 0 Å². The molecular formula is C16H22N6O. The molecule has 0 saturated heterocycles. The third-order valence-corrected chi connectivity index (χ3v) is 3.02. The highest BCUT2D eigenvalue weighted by molar-refractivity contribution is 5.89. The first-order valence-corrected chi connectivity index (χ1v) is 7.61. The summed E-state index contributed by atoms with van der Waals surface area (Å²) in [6.45, 7) is 6.62. The lowest BCUT2D eigenvalue weighted by molar-refractivity contribution is -0.114. The normalized spacial score (nSPS) is 10.4. The topological polar surface area (TPSA) is 91.8 Å². The molecule has 0 unspecified atom stereocenters. The molecule has 1 heterocycles. The van der Waals surface area contributed by atoms with Crippen LogP contribution in [0.25, 0.3) is 0 Å². The molecule has 0 spiro atoms. The second-order valence-electron chi connectivity index (χ2n) is 5.66. The zero-order valence-corrected chi connectivity index (χ0v) is 13.6. The molecule has 0 saturated carbocycles. The van der Waals surface area contributed by atoms with Crippen molar-refractivity contribution >= 4 is 29.0 Å². The first-order chi connectivity index (χ1) is 11.0. The van der Waals surface area contributed by atoms with Crippen molar-refractivity contribution in [2.24, 2.45) is 5.92 Å². The van der Waals surface area contributed by atoms with E-state index in [4.69, 9.17) is 0 Å². The van der Waals surface area contributed by atoms with Crippen molar-refractivity contribution < 1.29 is 4.79 Å². The molecule has 2 rings (SSSR count). The van der Waals surface area contributed by atoms with E-state index in [1.165, 1.54) is 6.92 Å². The van der Waals surface area contributed by atoms with Gasteiger partial charge in [0, 0.05) is 24.8 Å². The van der Waals surface area contributed by atoms with Crippen LogP contribution < -0.4 is 16.0 Å². The Balaban J connectivity index is 2.01. The molecule has 1 amide bonds. The lowest BCUT2D eigenvalue weighted by Gasteiger charge is -2.09. The maximum atomic E-state index is 11.1. The van der Waals surface area contributed by atoms with E-state index in [1.807, 2.05) is 24.3 Å². The number of rotatable bonds is 7. The molecule has 23 heavy (non-hydrogen) atoms. The molecule has 0 aliphatic carbocycles. The van der Waals surface area contributed by atoms with Crippen LogP contribution in [0.15, 0.2) is 30.5 Å². The zero-order chi connectivity index (χ0) is 16.7. The van der Waals surface area contributed by atoms with E-state index >= 15 is 0 Å². The molecule has 7 heteroatoms. The summed E-state index contributed by atoms with van der Waals surface area (Å²) in [7, 11) is 0. The van der Waals surface area contributed by atoms with Crippen LogP contribution in [-0.2, 0) is 4.79 Å². The Labute approximate surface area is 135 Å². The number of aromatic nitrogens is 3. The maximum Gasteiger partial charge on any atom is 0.244 e. The third-order valence-electron chi connectivity index (χ3n) is 3.02. The smallest absolute Gasteiger partial charge is 0.244 e. The van der Waals surface area contributed by atoms with Gasteiger partial charge in [-0.25, -0.2) is 0 Å². The minimum Gasteiger partial charge on any atom is -0.353 e. The summed E-state index contributed by atoms with van der Waals surface area (Å²) in [5.74, 6) is 1.59. The minimum absolute atomic E-state index is 0.109. The molecular weight excluding hydrogens is 292 g/mol. The molecule has 2 aromatic rings. The summed E-state index contributed by atoms with van der Waals surface area (Å²) in [5, 5.41) is 17.0. The number of hydrogen-bond donors (Lipinski definition) is 3. The summed E-state index contributed by atoms with van der Waals surface area (Å²) >= 11 is 0. The van der Waals surface area contributed by atoms with E-state index in [1.54, 1.807) is 6.20 Å². The fourth-order valence-electron chi connectivity index (χ4n) is 1.94. The van der Waals surface area contributed by atoms with E-state index in [9.17, 15) is 4.79 Å². The SMILES string of the molecule is CC(=O)Nc1cccc(Nc2cnnc(NCCC(C)C)n2)c1. The number of amides is 1. The first-order valence-electron chi connectivity index (χ1n) is 7.61. The van der Waals surface area contributed by atoms with Crippen LogP contribution in [0.4, 0.5) is 23.1 Å². The number of nitrogens with zero attached hydrogens (tertiary/aromatic N) is 3. The van der Waals surface area contributed by atoms with Crippen molar-refractivity contribution in [1.82, 2.24) is 15.2 Å². The summed E-state index contributed by atoms with van der Waals surface area (Å²) in [6, 6.07) is 7.39. The highest BCUT2D eigenvalue weighted by atomic mass is 16.1. The highest BCUT2D eigenvalue weighted by Gasteiger charge is 2.03. The van der Waals surface area contributed by atoms with Crippen LogP contribution in [0, 0.1) is 5.92 Å². The van der Waals surface area contributed by atoms with Crippen molar-refractivity contribution in [3.05, 3.63) is 30.5 Å². The van der Waals surface area contributed by atoms with Crippen LogP contribution in [0.5, 0.6) is 0 Å². The molecule has 3 N–H and O–H groups in total. The molecule has 0 bridgehead atoms. The van der Waals surface area contributed by atoms with E-state index in [2.05, 4.69) is 45.0 Å². The number of carbonyl (C=O) groups excluding carboxylic acids is 1. The van der Waals surface area contributed by atoms with Crippen molar-refractivity contribution in [1.29, 1.82) is 0 Å². The number of carbonyl (C=O) groups is 1. The van der Waals surface area contributed by atoms with E-state index in [0.717, 1.165) is 24.3 Å². The molecule has 7 nitrogen and oxygen atoms in total. The van der Waals surface area contributed by atoms with Crippen LogP contribution in [-0.4, -0.2) is 27.6 Å². The van der Waals surface area contributed by atoms with Crippen LogP contribution >= 0.6 is 0 Å². The van der Waals surface area contributed by atoms with E-state index in [-0.39, 0.29) is 5.91 Å². The largest absolute Gasteiger partial charge is 0.353 e. The summed E-state index contributed by atoms with van der Waals surface area (Å²) < 4.78 is 0. The Morgan fingerprint density at radius 1 is 1.26 bits per heavy atom. The quantitative estimate of drug-likeness (QED) is 0.727. The van der Waals surface area contributed by atoms with Gasteiger partial charge in [0.15, 0.2) is 5.82 Å². The Bertz CT molecular complexity index is 659. The Hall–Kier alpha value is -2.70. The Kier molecular flexibility index (Phi) is 5.85. The third kappa shape index (κ3) is 5.90. The van der Waals surface area contributed by atoms with Crippen molar-refractivity contribution in [2.45, 2.75) is 27.2 Å². The molecule has 0 atom stereocenters. The minimum atomic E-state index is -0.109. The van der Waals surface area contributed by atoms with Gasteiger partial charge >= 0.3 is 0 Å². The first kappa shape index (κ1) is 16.7. The van der Waals surface area contributed by atoms with Gasteiger partial charge in [-0.1, -0.05) is 19.9 Å².